The minimum atomic E-state index is -0.100. The molecule has 0 saturated heterocycles. The van der Waals surface area contributed by atoms with Crippen molar-refractivity contribution >= 4 is 34.2 Å². The summed E-state index contributed by atoms with van der Waals surface area (Å²) in [5.41, 5.74) is 8.02. The fraction of sp³-hybridized carbons (Fsp3) is 0.250. The largest absolute Gasteiger partial charge is 0.349 e. The Labute approximate surface area is 145 Å². The maximum atomic E-state index is 12.2. The Morgan fingerprint density at radius 2 is 2.00 bits per heavy atom. The number of amides is 1. The van der Waals surface area contributed by atoms with E-state index in [-0.39, 0.29) is 24.4 Å². The van der Waals surface area contributed by atoms with E-state index < -0.39 is 0 Å². The molecular formula is C16H19BrClN3O. The number of carbonyl (C=O) groups excluding carboxylic acids is 1. The van der Waals surface area contributed by atoms with Crippen LogP contribution in [0.15, 0.2) is 47.1 Å². The van der Waals surface area contributed by atoms with Crippen molar-refractivity contribution in [3.63, 3.8) is 0 Å². The van der Waals surface area contributed by atoms with Crippen molar-refractivity contribution in [3.8, 4) is 0 Å². The van der Waals surface area contributed by atoms with Crippen LogP contribution in [0.1, 0.15) is 28.5 Å². The summed E-state index contributed by atoms with van der Waals surface area (Å²) in [6.45, 7) is 2.32. The Bertz CT molecular complexity index is 619. The third-order valence-electron chi connectivity index (χ3n) is 3.12. The van der Waals surface area contributed by atoms with Gasteiger partial charge in [-0.25, -0.2) is 0 Å². The summed E-state index contributed by atoms with van der Waals surface area (Å²) in [5.74, 6) is -0.100. The van der Waals surface area contributed by atoms with Crippen molar-refractivity contribution < 1.29 is 4.79 Å². The van der Waals surface area contributed by atoms with Gasteiger partial charge < -0.3 is 11.1 Å². The van der Waals surface area contributed by atoms with Crippen LogP contribution in [0, 0.1) is 0 Å². The van der Waals surface area contributed by atoms with Crippen molar-refractivity contribution in [2.45, 2.75) is 25.9 Å². The van der Waals surface area contributed by atoms with Gasteiger partial charge in [-0.3, -0.25) is 9.78 Å². The van der Waals surface area contributed by atoms with E-state index in [2.05, 4.69) is 26.2 Å². The molecule has 1 atom stereocenters. The summed E-state index contributed by atoms with van der Waals surface area (Å²) in [6.07, 6.45) is 2.39. The van der Waals surface area contributed by atoms with Gasteiger partial charge in [0.1, 0.15) is 0 Å². The predicted molar refractivity (Wildman–Crippen MR) is 94.2 cm³/mol. The van der Waals surface area contributed by atoms with Crippen LogP contribution < -0.4 is 11.1 Å². The lowest BCUT2D eigenvalue weighted by atomic mass is 10.1. The number of rotatable bonds is 5. The lowest BCUT2D eigenvalue weighted by molar-refractivity contribution is 0.0940. The monoisotopic (exact) mass is 383 g/mol. The molecule has 22 heavy (non-hydrogen) atoms. The summed E-state index contributed by atoms with van der Waals surface area (Å²) in [7, 11) is 0. The number of aromatic nitrogens is 1. The predicted octanol–water partition coefficient (Wildman–Crippen LogP) is 3.09. The van der Waals surface area contributed by atoms with E-state index in [1.165, 1.54) is 5.56 Å². The quantitative estimate of drug-likeness (QED) is 0.832. The molecule has 0 aliphatic rings. The minimum absolute atomic E-state index is 0. The zero-order chi connectivity index (χ0) is 15.2. The third-order valence-corrected chi connectivity index (χ3v) is 3.65. The maximum Gasteiger partial charge on any atom is 0.251 e. The van der Waals surface area contributed by atoms with Gasteiger partial charge >= 0.3 is 0 Å². The Morgan fingerprint density at radius 1 is 1.32 bits per heavy atom. The molecule has 0 aliphatic carbocycles. The molecule has 6 heteroatoms. The summed E-state index contributed by atoms with van der Waals surface area (Å²) in [6, 6.07) is 11.6. The average Bonchev–Trinajstić information content (AvgIpc) is 2.49. The number of nitrogens with two attached hydrogens (primary N) is 1. The van der Waals surface area contributed by atoms with Gasteiger partial charge in [0.05, 0.1) is 5.69 Å². The van der Waals surface area contributed by atoms with E-state index in [1.54, 1.807) is 18.3 Å². The molecule has 1 aromatic carbocycles. The lowest BCUT2D eigenvalue weighted by Crippen LogP contribution is -2.34. The SMILES string of the molecule is CC(Cc1ccc(Br)cc1)NC(=O)c1ccnc(CN)c1.Cl. The van der Waals surface area contributed by atoms with Crippen molar-refractivity contribution in [2.24, 2.45) is 5.73 Å². The molecule has 0 saturated carbocycles. The number of benzene rings is 1. The van der Waals surface area contributed by atoms with Gasteiger partial charge in [0.15, 0.2) is 0 Å². The molecule has 1 amide bonds. The molecule has 0 spiro atoms. The number of carbonyl (C=O) groups is 1. The van der Waals surface area contributed by atoms with Crippen LogP contribution in [0.25, 0.3) is 0 Å². The number of nitrogens with one attached hydrogen (secondary N) is 1. The van der Waals surface area contributed by atoms with Crippen LogP contribution in [0.5, 0.6) is 0 Å². The van der Waals surface area contributed by atoms with Crippen LogP contribution in [-0.2, 0) is 13.0 Å². The fourth-order valence-electron chi connectivity index (χ4n) is 2.06. The van der Waals surface area contributed by atoms with E-state index in [0.29, 0.717) is 17.8 Å². The lowest BCUT2D eigenvalue weighted by Gasteiger charge is -2.14. The van der Waals surface area contributed by atoms with E-state index >= 15 is 0 Å². The zero-order valence-electron chi connectivity index (χ0n) is 12.3. The summed E-state index contributed by atoms with van der Waals surface area (Å²) >= 11 is 3.41. The number of halogens is 2. The summed E-state index contributed by atoms with van der Waals surface area (Å²) in [5, 5.41) is 2.99. The van der Waals surface area contributed by atoms with Crippen LogP contribution in [-0.4, -0.2) is 16.9 Å². The maximum absolute atomic E-state index is 12.2. The van der Waals surface area contributed by atoms with E-state index in [0.717, 1.165) is 10.9 Å². The van der Waals surface area contributed by atoms with Crippen molar-refractivity contribution in [2.75, 3.05) is 0 Å². The third kappa shape index (κ3) is 5.40. The first-order chi connectivity index (χ1) is 10.1. The Hall–Kier alpha value is -1.43. The van der Waals surface area contributed by atoms with E-state index in [9.17, 15) is 4.79 Å². The van der Waals surface area contributed by atoms with Crippen LogP contribution >= 0.6 is 28.3 Å². The molecule has 4 nitrogen and oxygen atoms in total. The van der Waals surface area contributed by atoms with Crippen molar-refractivity contribution in [3.05, 3.63) is 63.9 Å². The number of hydrogen-bond donors (Lipinski definition) is 2. The molecule has 1 heterocycles. The highest BCUT2D eigenvalue weighted by Crippen LogP contribution is 2.12. The van der Waals surface area contributed by atoms with Gasteiger partial charge in [-0.1, -0.05) is 28.1 Å². The topological polar surface area (TPSA) is 68.0 Å². The van der Waals surface area contributed by atoms with Crippen LogP contribution in [0.2, 0.25) is 0 Å². The van der Waals surface area contributed by atoms with Gasteiger partial charge in [0.2, 0.25) is 0 Å². The zero-order valence-corrected chi connectivity index (χ0v) is 14.7. The summed E-state index contributed by atoms with van der Waals surface area (Å²) in [4.78, 5) is 16.3. The van der Waals surface area contributed by atoms with Gasteiger partial charge in [-0.15, -0.1) is 12.4 Å². The average molecular weight is 385 g/mol. The molecule has 2 aromatic rings. The molecule has 0 radical (unpaired) electrons. The molecular weight excluding hydrogens is 366 g/mol. The first-order valence-corrected chi connectivity index (χ1v) is 7.58. The van der Waals surface area contributed by atoms with E-state index in [1.807, 2.05) is 31.2 Å². The second-order valence-corrected chi connectivity index (χ2v) is 5.86. The number of hydrogen-bond acceptors (Lipinski definition) is 3. The molecule has 0 bridgehead atoms. The minimum Gasteiger partial charge on any atom is -0.349 e. The van der Waals surface area contributed by atoms with Gasteiger partial charge in [-0.05, 0) is 43.2 Å². The van der Waals surface area contributed by atoms with E-state index in [4.69, 9.17) is 5.73 Å². The molecule has 2 rings (SSSR count). The normalized spacial score (nSPS) is 11.4. The molecule has 1 unspecified atom stereocenters. The Kier molecular flexibility index (Phi) is 7.51. The van der Waals surface area contributed by atoms with Gasteiger partial charge in [-0.2, -0.15) is 0 Å². The highest BCUT2D eigenvalue weighted by Gasteiger charge is 2.11. The van der Waals surface area contributed by atoms with Crippen LogP contribution in [0.4, 0.5) is 0 Å². The molecule has 3 N–H and O–H groups in total. The Balaban J connectivity index is 0.00000242. The first kappa shape index (κ1) is 18.6. The smallest absolute Gasteiger partial charge is 0.251 e. The van der Waals surface area contributed by atoms with Crippen LogP contribution in [0.3, 0.4) is 0 Å². The highest BCUT2D eigenvalue weighted by atomic mass is 79.9. The Morgan fingerprint density at radius 3 is 2.64 bits per heavy atom. The molecule has 118 valence electrons. The highest BCUT2D eigenvalue weighted by molar-refractivity contribution is 9.10. The van der Waals surface area contributed by atoms with Crippen molar-refractivity contribution in [1.29, 1.82) is 0 Å². The second kappa shape index (κ2) is 8.88. The first-order valence-electron chi connectivity index (χ1n) is 6.79. The van der Waals surface area contributed by atoms with Gasteiger partial charge in [0.25, 0.3) is 5.91 Å². The summed E-state index contributed by atoms with van der Waals surface area (Å²) < 4.78 is 1.05. The van der Waals surface area contributed by atoms with Gasteiger partial charge in [0, 0.05) is 28.8 Å². The molecule has 0 aliphatic heterocycles. The standard InChI is InChI=1S/C16H18BrN3O.ClH/c1-11(8-12-2-4-14(17)5-3-12)20-16(21)13-6-7-19-15(9-13)10-18;/h2-7,9,11H,8,10,18H2,1H3,(H,20,21);1H. The fourth-order valence-corrected chi connectivity index (χ4v) is 2.33. The molecule has 0 fully saturated rings. The number of nitrogens with zero attached hydrogens (tertiary/aromatic N) is 1. The van der Waals surface area contributed by atoms with Crippen molar-refractivity contribution in [1.82, 2.24) is 10.3 Å². The molecule has 1 aromatic heterocycles. The second-order valence-electron chi connectivity index (χ2n) is 4.95. The number of pyridine rings is 1.